The van der Waals surface area contributed by atoms with Crippen LogP contribution in [0.1, 0.15) is 56.0 Å². The predicted octanol–water partition coefficient (Wildman–Crippen LogP) is 18.4. The Kier molecular flexibility index (Phi) is 13.1. The third kappa shape index (κ3) is 8.17. The summed E-state index contributed by atoms with van der Waals surface area (Å²) in [6.07, 6.45) is 7.14. The van der Waals surface area contributed by atoms with Gasteiger partial charge in [0.2, 0.25) is 0 Å². The normalized spacial score (nSPS) is 15.4. The molecule has 14 rings (SSSR count). The summed E-state index contributed by atoms with van der Waals surface area (Å²) in [5.74, 6) is 0.322. The predicted molar refractivity (Wildman–Crippen MR) is 313 cm³/mol. The number of allylic oxidation sites excluding steroid dienone is 2. The van der Waals surface area contributed by atoms with E-state index in [0.717, 1.165) is 11.2 Å². The van der Waals surface area contributed by atoms with Crippen molar-refractivity contribution in [2.24, 2.45) is 0 Å². The Labute approximate surface area is 431 Å². The molecule has 0 fully saturated rings. The second kappa shape index (κ2) is 20.2. The first-order chi connectivity index (χ1) is 35.5. The van der Waals surface area contributed by atoms with Crippen molar-refractivity contribution in [3.05, 3.63) is 305 Å². The van der Waals surface area contributed by atoms with E-state index in [1.807, 2.05) is 6.07 Å². The minimum Gasteiger partial charge on any atom is -0.456 e. The van der Waals surface area contributed by atoms with Crippen LogP contribution >= 0.6 is 20.7 Å². The second-order valence-corrected chi connectivity index (χ2v) is 18.9. The Bertz CT molecular complexity index is 3750. The lowest BCUT2D eigenvalue weighted by atomic mass is 9.67. The van der Waals surface area contributed by atoms with Gasteiger partial charge in [0.15, 0.2) is 0 Å². The molecule has 2 aliphatic carbocycles. The van der Waals surface area contributed by atoms with Gasteiger partial charge in [-0.25, -0.2) is 0 Å². The quantitative estimate of drug-likeness (QED) is 0.140. The van der Waals surface area contributed by atoms with Gasteiger partial charge in [-0.2, -0.15) is 12.2 Å². The van der Waals surface area contributed by atoms with Gasteiger partial charge in [-0.05, 0) is 117 Å². The van der Waals surface area contributed by atoms with Gasteiger partial charge in [-0.15, -0.1) is 0 Å². The average Bonchev–Trinajstić information content (AvgIpc) is 4.09. The maximum atomic E-state index is 6.23. The summed E-state index contributed by atoms with van der Waals surface area (Å²) in [6.45, 7) is 6.52. The molecular weight excluding hydrogens is 910 g/mol. The molecule has 3 atom stereocenters. The number of aryl methyl sites for hydroxylation is 3. The Morgan fingerprint density at radius 3 is 1.81 bits per heavy atom. The van der Waals surface area contributed by atoms with Gasteiger partial charge in [-0.3, -0.25) is 0 Å². The van der Waals surface area contributed by atoms with Gasteiger partial charge in [0, 0.05) is 17.0 Å². The van der Waals surface area contributed by atoms with E-state index in [0.29, 0.717) is 5.92 Å². The summed E-state index contributed by atoms with van der Waals surface area (Å²) in [5.41, 5.74) is 20.1. The molecule has 0 bridgehead atoms. The van der Waals surface area contributed by atoms with Crippen LogP contribution < -0.4 is 4.90 Å². The number of nitrogens with zero attached hydrogens (tertiary/aromatic N) is 1. The largest absolute Gasteiger partial charge is 0.456 e. The topological polar surface area (TPSA) is 16.4 Å². The number of hydrogen-bond acceptors (Lipinski definition) is 3. The fourth-order valence-corrected chi connectivity index (χ4v) is 11.6. The molecule has 10 aromatic carbocycles. The van der Waals surface area contributed by atoms with Gasteiger partial charge < -0.3 is 9.32 Å². The summed E-state index contributed by atoms with van der Waals surface area (Å²) < 4.78 is 6.23. The van der Waals surface area contributed by atoms with Gasteiger partial charge in [0.25, 0.3) is 0 Å². The maximum Gasteiger partial charge on any atom is 0.137 e. The van der Waals surface area contributed by atoms with E-state index >= 15 is 0 Å². The van der Waals surface area contributed by atoms with Crippen LogP contribution in [-0.2, 0) is 5.41 Å². The van der Waals surface area contributed by atoms with Gasteiger partial charge >= 0.3 is 0 Å². The Hall–Kier alpha value is -7.68. The summed E-state index contributed by atoms with van der Waals surface area (Å²) >= 11 is 3.44. The summed E-state index contributed by atoms with van der Waals surface area (Å²) in [5, 5.41) is 5.03. The molecule has 3 unspecified atom stereocenters. The first-order valence-electron chi connectivity index (χ1n) is 24.8. The van der Waals surface area contributed by atoms with Crippen LogP contribution in [0.3, 0.4) is 0 Å². The van der Waals surface area contributed by atoms with Crippen molar-refractivity contribution in [2.75, 3.05) is 4.90 Å². The lowest BCUT2D eigenvalue weighted by Crippen LogP contribution is -2.29. The first-order valence-corrected chi connectivity index (χ1v) is 26.8. The van der Waals surface area contributed by atoms with Crippen molar-refractivity contribution in [1.82, 2.24) is 0 Å². The van der Waals surface area contributed by atoms with Gasteiger partial charge in [0.05, 0.1) is 22.5 Å². The van der Waals surface area contributed by atoms with Crippen LogP contribution in [0, 0.1) is 20.8 Å². The molecule has 0 saturated carbocycles. The molecule has 0 spiro atoms. The number of furan rings is 1. The third-order valence-electron chi connectivity index (χ3n) is 14.8. The van der Waals surface area contributed by atoms with Crippen molar-refractivity contribution in [2.45, 2.75) is 38.1 Å². The Morgan fingerprint density at radius 2 is 1.04 bits per heavy atom. The second-order valence-electron chi connectivity index (χ2n) is 18.9. The monoisotopic (exact) mass is 965 g/mol. The highest BCUT2D eigenvalue weighted by Crippen LogP contribution is 2.56. The van der Waals surface area contributed by atoms with E-state index in [1.54, 1.807) is 0 Å². The third-order valence-corrected chi connectivity index (χ3v) is 14.8. The van der Waals surface area contributed by atoms with Crippen molar-refractivity contribution in [3.8, 4) is 11.1 Å². The molecule has 0 N–H and O–H groups in total. The van der Waals surface area contributed by atoms with Crippen LogP contribution in [0.25, 0.3) is 49.4 Å². The van der Waals surface area contributed by atoms with Crippen LogP contribution in [0.5, 0.6) is 0 Å². The molecule has 1 aliphatic heterocycles. The first kappa shape index (κ1) is 46.7. The number of para-hydroxylation sites is 2. The van der Waals surface area contributed by atoms with E-state index in [4.69, 9.17) is 4.42 Å². The standard InChI is InChI=1S/C31H23NO.C26H20.C11H10.H3PS/c1-20-9-2-3-10-22(20)21-17-18-24-23-11-4-6-13-26(23)32(28(24)19-21)27-14-8-16-30-31(27)25-12-5-7-15-29(25)33-30;1-19-16-17-23-22-14-8-9-15-24(22)26(25(23)18-19,20-10-4-2-5-11-20)21-12-6-3-7-13-21;1-9-5-4-7-10-6-2-3-8-11(9)10;1-2/h2-19,24,28H,1H3;2-18H,1H3;2-8H,1H3;2H,1H2. The van der Waals surface area contributed by atoms with E-state index in [2.05, 4.69) is 295 Å². The SMILES string of the molecule is Cc1ccc2c(c1)C(c1ccccc1)(c1ccccc1)c1ccccc1-2.Cc1cccc2ccccc12.Cc1ccccc1C1=CC2C(C=C1)c1ccccc1N2c1cccc2oc3ccccc3c12.PS. The van der Waals surface area contributed by atoms with E-state index in [9.17, 15) is 0 Å². The zero-order valence-corrected chi connectivity index (χ0v) is 42.8. The van der Waals surface area contributed by atoms with Crippen molar-refractivity contribution >= 4 is 70.3 Å². The molecule has 0 saturated heterocycles. The molecule has 0 radical (unpaired) electrons. The highest BCUT2D eigenvalue weighted by molar-refractivity contribution is 8.31. The Morgan fingerprint density at radius 1 is 0.472 bits per heavy atom. The lowest BCUT2D eigenvalue weighted by Gasteiger charge is -2.34. The number of hydrogen-bond donors (Lipinski definition) is 1. The number of anilines is 2. The molecule has 350 valence electrons. The Balaban J connectivity index is 0.000000127. The highest BCUT2D eigenvalue weighted by Gasteiger charge is 2.46. The number of benzene rings is 10. The molecule has 4 heteroatoms. The van der Waals surface area contributed by atoms with Crippen molar-refractivity contribution < 1.29 is 4.42 Å². The average molecular weight is 966 g/mol. The van der Waals surface area contributed by atoms with E-state index in [-0.39, 0.29) is 11.5 Å². The number of rotatable bonds is 4. The van der Waals surface area contributed by atoms with E-state index in [1.165, 1.54) is 99.7 Å². The van der Waals surface area contributed by atoms with Crippen LogP contribution in [0.2, 0.25) is 0 Å². The zero-order chi connectivity index (χ0) is 49.2. The zero-order valence-electron chi connectivity index (χ0n) is 40.8. The molecule has 11 aromatic rings. The smallest absolute Gasteiger partial charge is 0.137 e. The minimum absolute atomic E-state index is 0.210. The lowest BCUT2D eigenvalue weighted by molar-refractivity contribution is 0.668. The summed E-state index contributed by atoms with van der Waals surface area (Å²) in [4.78, 5) is 2.52. The van der Waals surface area contributed by atoms with Crippen LogP contribution in [-0.4, -0.2) is 6.04 Å². The highest BCUT2D eigenvalue weighted by atomic mass is 32.7. The van der Waals surface area contributed by atoms with Crippen molar-refractivity contribution in [1.29, 1.82) is 0 Å². The number of thiol groups is 1. The molecule has 2 nitrogen and oxygen atoms in total. The molecule has 0 amide bonds. The van der Waals surface area contributed by atoms with Crippen LogP contribution in [0.15, 0.2) is 259 Å². The fourth-order valence-electron chi connectivity index (χ4n) is 11.6. The van der Waals surface area contributed by atoms with E-state index < -0.39 is 0 Å². The minimum atomic E-state index is -0.263. The van der Waals surface area contributed by atoms with Gasteiger partial charge in [0.1, 0.15) is 11.2 Å². The van der Waals surface area contributed by atoms with Crippen LogP contribution in [0.4, 0.5) is 11.4 Å². The molecule has 3 aliphatic rings. The molecule has 1 aromatic heterocycles. The van der Waals surface area contributed by atoms with Gasteiger partial charge in [-0.1, -0.05) is 245 Å². The number of fused-ring (bicyclic) bond motifs is 10. The molecular formula is C68H56NOPS. The molecule has 72 heavy (non-hydrogen) atoms. The fraction of sp³-hybridized carbons (Fsp3) is 0.0882. The summed E-state index contributed by atoms with van der Waals surface area (Å²) in [7, 11) is 2.11. The summed E-state index contributed by atoms with van der Waals surface area (Å²) in [6, 6.07) is 84.9. The molecule has 2 heterocycles. The maximum absolute atomic E-state index is 6.23. The van der Waals surface area contributed by atoms with Crippen molar-refractivity contribution in [3.63, 3.8) is 0 Å².